The molecule has 1 saturated carbocycles. The molecule has 1 aliphatic carbocycles. The SMILES string of the molecule is CC1CCC(NC(=O)c2c(O)cccc2O)C(C)C1. The number of phenols is 2. The van der Waals surface area contributed by atoms with Crippen LogP contribution in [0.3, 0.4) is 0 Å². The van der Waals surface area contributed by atoms with Gasteiger partial charge < -0.3 is 15.5 Å². The van der Waals surface area contributed by atoms with Crippen molar-refractivity contribution in [2.45, 2.75) is 39.2 Å². The van der Waals surface area contributed by atoms with Crippen LogP contribution < -0.4 is 5.32 Å². The minimum atomic E-state index is -0.401. The van der Waals surface area contributed by atoms with Gasteiger partial charge in [0, 0.05) is 6.04 Å². The molecule has 4 heteroatoms. The minimum absolute atomic E-state index is 0.0340. The van der Waals surface area contributed by atoms with Gasteiger partial charge in [0.15, 0.2) is 0 Å². The van der Waals surface area contributed by atoms with E-state index in [2.05, 4.69) is 19.2 Å². The second-order valence-electron chi connectivity index (χ2n) is 5.65. The summed E-state index contributed by atoms with van der Waals surface area (Å²) in [5, 5.41) is 22.3. The highest BCUT2D eigenvalue weighted by Crippen LogP contribution is 2.30. The van der Waals surface area contributed by atoms with Gasteiger partial charge in [0.2, 0.25) is 0 Å². The molecular formula is C15H21NO3. The number of hydrogen-bond donors (Lipinski definition) is 3. The summed E-state index contributed by atoms with van der Waals surface area (Å²) in [6, 6.07) is 4.43. The smallest absolute Gasteiger partial charge is 0.259 e. The highest BCUT2D eigenvalue weighted by atomic mass is 16.3. The van der Waals surface area contributed by atoms with Gasteiger partial charge in [-0.3, -0.25) is 4.79 Å². The number of carbonyl (C=O) groups excluding carboxylic acids is 1. The molecular weight excluding hydrogens is 242 g/mol. The fraction of sp³-hybridized carbons (Fsp3) is 0.533. The fourth-order valence-electron chi connectivity index (χ4n) is 2.88. The number of amides is 1. The largest absolute Gasteiger partial charge is 0.507 e. The lowest BCUT2D eigenvalue weighted by Gasteiger charge is -2.33. The topological polar surface area (TPSA) is 69.6 Å². The highest BCUT2D eigenvalue weighted by Gasteiger charge is 2.28. The van der Waals surface area contributed by atoms with Crippen molar-refractivity contribution >= 4 is 5.91 Å². The Hall–Kier alpha value is -1.71. The van der Waals surface area contributed by atoms with Crippen LogP contribution in [-0.4, -0.2) is 22.2 Å². The molecule has 4 nitrogen and oxygen atoms in total. The number of phenolic OH excluding ortho intramolecular Hbond substituents is 2. The average Bonchev–Trinajstić information content (AvgIpc) is 2.32. The van der Waals surface area contributed by atoms with Gasteiger partial charge in [-0.05, 0) is 43.2 Å². The molecule has 0 radical (unpaired) electrons. The van der Waals surface area contributed by atoms with E-state index in [1.165, 1.54) is 18.2 Å². The second-order valence-corrected chi connectivity index (χ2v) is 5.65. The molecule has 1 aromatic carbocycles. The Kier molecular flexibility index (Phi) is 3.98. The van der Waals surface area contributed by atoms with E-state index in [4.69, 9.17) is 0 Å². The van der Waals surface area contributed by atoms with Gasteiger partial charge in [-0.15, -0.1) is 0 Å². The molecule has 1 amide bonds. The third kappa shape index (κ3) is 3.00. The van der Waals surface area contributed by atoms with Crippen molar-refractivity contribution in [1.29, 1.82) is 0 Å². The first-order valence-corrected chi connectivity index (χ1v) is 6.81. The molecule has 1 aliphatic rings. The molecule has 0 spiro atoms. The molecule has 0 saturated heterocycles. The molecule has 3 N–H and O–H groups in total. The van der Waals surface area contributed by atoms with Gasteiger partial charge in [-0.1, -0.05) is 19.9 Å². The van der Waals surface area contributed by atoms with Crippen molar-refractivity contribution < 1.29 is 15.0 Å². The highest BCUT2D eigenvalue weighted by molar-refractivity contribution is 5.99. The van der Waals surface area contributed by atoms with Crippen LogP contribution in [0, 0.1) is 11.8 Å². The average molecular weight is 263 g/mol. The van der Waals surface area contributed by atoms with Crippen LogP contribution in [-0.2, 0) is 0 Å². The van der Waals surface area contributed by atoms with Crippen molar-refractivity contribution in [3.05, 3.63) is 23.8 Å². The quantitative estimate of drug-likeness (QED) is 0.768. The molecule has 3 atom stereocenters. The van der Waals surface area contributed by atoms with Gasteiger partial charge >= 0.3 is 0 Å². The van der Waals surface area contributed by atoms with Gasteiger partial charge in [-0.2, -0.15) is 0 Å². The molecule has 0 heterocycles. The van der Waals surface area contributed by atoms with E-state index in [9.17, 15) is 15.0 Å². The Labute approximate surface area is 113 Å². The Balaban J connectivity index is 2.09. The van der Waals surface area contributed by atoms with Crippen LogP contribution >= 0.6 is 0 Å². The van der Waals surface area contributed by atoms with Gasteiger partial charge in [0.25, 0.3) is 5.91 Å². The van der Waals surface area contributed by atoms with Crippen molar-refractivity contribution in [3.8, 4) is 11.5 Å². The maximum Gasteiger partial charge on any atom is 0.259 e. The van der Waals surface area contributed by atoms with Crippen LogP contribution in [0.2, 0.25) is 0 Å². The zero-order valence-corrected chi connectivity index (χ0v) is 11.4. The summed E-state index contributed by atoms with van der Waals surface area (Å²) in [6.45, 7) is 4.36. The van der Waals surface area contributed by atoms with Crippen LogP contribution in [0.5, 0.6) is 11.5 Å². The molecule has 1 fully saturated rings. The number of nitrogens with one attached hydrogen (secondary N) is 1. The zero-order chi connectivity index (χ0) is 14.0. The van der Waals surface area contributed by atoms with Gasteiger partial charge in [-0.25, -0.2) is 0 Å². The van der Waals surface area contributed by atoms with E-state index in [1.807, 2.05) is 0 Å². The number of carbonyl (C=O) groups is 1. The molecule has 19 heavy (non-hydrogen) atoms. The lowest BCUT2D eigenvalue weighted by atomic mass is 9.80. The van der Waals surface area contributed by atoms with E-state index < -0.39 is 5.91 Å². The third-order valence-electron chi connectivity index (χ3n) is 4.00. The summed E-state index contributed by atoms with van der Waals surface area (Å²) in [4.78, 5) is 12.2. The molecule has 0 bridgehead atoms. The number of benzene rings is 1. The van der Waals surface area contributed by atoms with Crippen LogP contribution in [0.4, 0.5) is 0 Å². The van der Waals surface area contributed by atoms with Crippen LogP contribution in [0.25, 0.3) is 0 Å². The summed E-state index contributed by atoms with van der Waals surface area (Å²) in [6.07, 6.45) is 3.14. The molecule has 104 valence electrons. The number of hydrogen-bond acceptors (Lipinski definition) is 3. The summed E-state index contributed by atoms with van der Waals surface area (Å²) < 4.78 is 0. The third-order valence-corrected chi connectivity index (χ3v) is 4.00. The van der Waals surface area contributed by atoms with E-state index in [0.717, 1.165) is 19.3 Å². The van der Waals surface area contributed by atoms with E-state index in [0.29, 0.717) is 11.8 Å². The normalized spacial score (nSPS) is 26.9. The first-order chi connectivity index (χ1) is 8.99. The van der Waals surface area contributed by atoms with E-state index in [-0.39, 0.29) is 23.1 Å². The molecule has 1 aromatic rings. The predicted molar refractivity (Wildman–Crippen MR) is 73.2 cm³/mol. The van der Waals surface area contributed by atoms with E-state index in [1.54, 1.807) is 0 Å². The van der Waals surface area contributed by atoms with Crippen LogP contribution in [0.1, 0.15) is 43.5 Å². The number of aromatic hydroxyl groups is 2. The first kappa shape index (κ1) is 13.7. The lowest BCUT2D eigenvalue weighted by molar-refractivity contribution is 0.0894. The monoisotopic (exact) mass is 263 g/mol. The van der Waals surface area contributed by atoms with Gasteiger partial charge in [0.1, 0.15) is 17.1 Å². The standard InChI is InChI=1S/C15H21NO3/c1-9-6-7-11(10(2)8-9)16-15(19)14-12(17)4-3-5-13(14)18/h3-5,9-11,17-18H,6-8H2,1-2H3,(H,16,19). The maximum absolute atomic E-state index is 12.2. The van der Waals surface area contributed by atoms with Crippen molar-refractivity contribution in [1.82, 2.24) is 5.32 Å². The van der Waals surface area contributed by atoms with Crippen molar-refractivity contribution in [3.63, 3.8) is 0 Å². The van der Waals surface area contributed by atoms with Crippen molar-refractivity contribution in [2.75, 3.05) is 0 Å². The Bertz CT molecular complexity index is 452. The Morgan fingerprint density at radius 2 is 1.84 bits per heavy atom. The molecule has 2 rings (SSSR count). The van der Waals surface area contributed by atoms with E-state index >= 15 is 0 Å². The maximum atomic E-state index is 12.2. The molecule has 0 aromatic heterocycles. The summed E-state index contributed by atoms with van der Waals surface area (Å²) in [7, 11) is 0. The number of rotatable bonds is 2. The van der Waals surface area contributed by atoms with Crippen LogP contribution in [0.15, 0.2) is 18.2 Å². The van der Waals surface area contributed by atoms with Gasteiger partial charge in [0.05, 0.1) is 0 Å². The summed E-state index contributed by atoms with van der Waals surface area (Å²) in [5.41, 5.74) is -0.0340. The summed E-state index contributed by atoms with van der Waals surface area (Å²) >= 11 is 0. The Morgan fingerprint density at radius 1 is 1.21 bits per heavy atom. The fourth-order valence-corrected chi connectivity index (χ4v) is 2.88. The molecule has 0 aliphatic heterocycles. The minimum Gasteiger partial charge on any atom is -0.507 e. The first-order valence-electron chi connectivity index (χ1n) is 6.81. The predicted octanol–water partition coefficient (Wildman–Crippen LogP) is 2.65. The Morgan fingerprint density at radius 3 is 2.42 bits per heavy atom. The lowest BCUT2D eigenvalue weighted by Crippen LogP contribution is -2.42. The summed E-state index contributed by atoms with van der Waals surface area (Å²) in [5.74, 6) is 0.341. The zero-order valence-electron chi connectivity index (χ0n) is 11.4. The van der Waals surface area contributed by atoms with Crippen molar-refractivity contribution in [2.24, 2.45) is 11.8 Å². The molecule has 3 unspecified atom stereocenters. The second kappa shape index (κ2) is 5.51.